The standard InChI is InChI=1S/C25H29BrN4O4S/c1-17-15-20(23(31)29(2)3)8-7-18(17)9-14-35(33,34)30-12-10-25(11-13-30)24(32)27-22(28-25)19-5-4-6-21(26)16-19/h4-8,15-16H,9-14H2,1-3H3,(H,27,28,32). The highest BCUT2D eigenvalue weighted by Gasteiger charge is 2.47. The van der Waals surface area contributed by atoms with E-state index in [1.165, 1.54) is 9.21 Å². The van der Waals surface area contributed by atoms with E-state index in [0.29, 0.717) is 30.7 Å². The molecule has 8 nitrogen and oxygen atoms in total. The van der Waals surface area contributed by atoms with Gasteiger partial charge in [-0.05, 0) is 61.6 Å². The summed E-state index contributed by atoms with van der Waals surface area (Å²) in [6, 6.07) is 12.9. The maximum absolute atomic E-state index is 13.1. The van der Waals surface area contributed by atoms with E-state index in [-0.39, 0.29) is 30.7 Å². The molecule has 0 saturated carbocycles. The zero-order valence-electron chi connectivity index (χ0n) is 20.0. The topological polar surface area (TPSA) is 99.2 Å². The highest BCUT2D eigenvalue weighted by atomic mass is 79.9. The van der Waals surface area contributed by atoms with Crippen molar-refractivity contribution in [3.05, 3.63) is 69.2 Å². The average molecular weight is 562 g/mol. The molecule has 1 N–H and O–H groups in total. The minimum absolute atomic E-state index is 0.0272. The number of hydrogen-bond acceptors (Lipinski definition) is 5. The van der Waals surface area contributed by atoms with Gasteiger partial charge in [-0.1, -0.05) is 34.1 Å². The van der Waals surface area contributed by atoms with E-state index in [1.807, 2.05) is 37.3 Å². The van der Waals surface area contributed by atoms with Gasteiger partial charge in [0, 0.05) is 42.8 Å². The van der Waals surface area contributed by atoms with E-state index < -0.39 is 15.6 Å². The molecule has 0 bridgehead atoms. The van der Waals surface area contributed by atoms with Crippen molar-refractivity contribution < 1.29 is 18.0 Å². The van der Waals surface area contributed by atoms with Gasteiger partial charge in [0.15, 0.2) is 0 Å². The predicted octanol–water partition coefficient (Wildman–Crippen LogP) is 2.74. The summed E-state index contributed by atoms with van der Waals surface area (Å²) in [6.45, 7) is 2.39. The highest BCUT2D eigenvalue weighted by Crippen LogP contribution is 2.32. The number of halogens is 1. The fourth-order valence-corrected chi connectivity index (χ4v) is 6.37. The lowest BCUT2D eigenvalue weighted by Gasteiger charge is -2.34. The van der Waals surface area contributed by atoms with Gasteiger partial charge < -0.3 is 10.2 Å². The summed E-state index contributed by atoms with van der Waals surface area (Å²) < 4.78 is 28.5. The molecule has 2 aliphatic heterocycles. The van der Waals surface area contributed by atoms with Gasteiger partial charge in [-0.25, -0.2) is 12.7 Å². The summed E-state index contributed by atoms with van der Waals surface area (Å²) in [5.74, 6) is 0.239. The minimum Gasteiger partial charge on any atom is -0.345 e. The summed E-state index contributed by atoms with van der Waals surface area (Å²) in [7, 11) is -0.107. The monoisotopic (exact) mass is 560 g/mol. The molecule has 35 heavy (non-hydrogen) atoms. The van der Waals surface area contributed by atoms with Gasteiger partial charge in [-0.2, -0.15) is 0 Å². The second-order valence-electron chi connectivity index (χ2n) is 9.26. The third-order valence-corrected chi connectivity index (χ3v) is 9.01. The van der Waals surface area contributed by atoms with Crippen molar-refractivity contribution >= 4 is 43.6 Å². The Morgan fingerprint density at radius 2 is 1.89 bits per heavy atom. The molecule has 0 aliphatic carbocycles. The maximum Gasteiger partial charge on any atom is 0.253 e. The molecule has 0 radical (unpaired) electrons. The molecule has 2 heterocycles. The maximum atomic E-state index is 13.1. The van der Waals surface area contributed by atoms with Crippen LogP contribution >= 0.6 is 15.9 Å². The van der Waals surface area contributed by atoms with Gasteiger partial charge in [0.05, 0.1) is 5.75 Å². The van der Waals surface area contributed by atoms with Gasteiger partial charge >= 0.3 is 0 Å². The van der Waals surface area contributed by atoms with Crippen LogP contribution in [0.5, 0.6) is 0 Å². The third-order valence-electron chi connectivity index (χ3n) is 6.65. The van der Waals surface area contributed by atoms with Crippen LogP contribution in [0.4, 0.5) is 0 Å². The number of carbonyl (C=O) groups is 2. The molecule has 0 unspecified atom stereocenters. The summed E-state index contributed by atoms with van der Waals surface area (Å²) in [6.07, 6.45) is 1.05. The van der Waals surface area contributed by atoms with Crippen molar-refractivity contribution in [3.63, 3.8) is 0 Å². The highest BCUT2D eigenvalue weighted by molar-refractivity contribution is 9.10. The Bertz CT molecular complexity index is 1300. The van der Waals surface area contributed by atoms with Gasteiger partial charge in [-0.15, -0.1) is 0 Å². The number of piperidine rings is 1. The predicted molar refractivity (Wildman–Crippen MR) is 139 cm³/mol. The molecule has 2 aromatic carbocycles. The van der Waals surface area contributed by atoms with Crippen LogP contribution in [0.1, 0.15) is 39.9 Å². The lowest BCUT2D eigenvalue weighted by atomic mass is 9.89. The van der Waals surface area contributed by atoms with Gasteiger partial charge in [0.1, 0.15) is 11.4 Å². The molecular weight excluding hydrogens is 532 g/mol. The number of aryl methyl sites for hydroxylation is 2. The first-order valence-corrected chi connectivity index (χ1v) is 13.9. The number of carbonyl (C=O) groups excluding carboxylic acids is 2. The van der Waals surface area contributed by atoms with E-state index in [1.54, 1.807) is 26.2 Å². The summed E-state index contributed by atoms with van der Waals surface area (Å²) in [5.41, 5.74) is 2.26. The van der Waals surface area contributed by atoms with Crippen molar-refractivity contribution in [1.82, 2.24) is 14.5 Å². The lowest BCUT2D eigenvalue weighted by Crippen LogP contribution is -2.50. The first kappa shape index (κ1) is 25.5. The Hall–Kier alpha value is -2.56. The molecule has 186 valence electrons. The molecular formula is C25H29BrN4O4S. The fraction of sp³-hybridized carbons (Fsp3) is 0.400. The van der Waals surface area contributed by atoms with E-state index in [2.05, 4.69) is 21.2 Å². The van der Waals surface area contributed by atoms with E-state index >= 15 is 0 Å². The summed E-state index contributed by atoms with van der Waals surface area (Å²) in [5, 5.41) is 2.88. The van der Waals surface area contributed by atoms with Crippen LogP contribution in [-0.4, -0.2) is 73.7 Å². The van der Waals surface area contributed by atoms with Crippen LogP contribution < -0.4 is 5.32 Å². The number of sulfonamides is 1. The number of benzene rings is 2. The Morgan fingerprint density at radius 3 is 2.51 bits per heavy atom. The molecule has 1 saturated heterocycles. The van der Waals surface area contributed by atoms with Crippen LogP contribution in [0.15, 0.2) is 51.9 Å². The van der Waals surface area contributed by atoms with E-state index in [0.717, 1.165) is 21.2 Å². The molecule has 2 amide bonds. The summed E-state index contributed by atoms with van der Waals surface area (Å²) >= 11 is 3.43. The zero-order chi connectivity index (χ0) is 25.4. The number of hydrogen-bond donors (Lipinski definition) is 1. The number of amides is 2. The lowest BCUT2D eigenvalue weighted by molar-refractivity contribution is -0.124. The van der Waals surface area contributed by atoms with Gasteiger partial charge in [0.25, 0.3) is 11.8 Å². The summed E-state index contributed by atoms with van der Waals surface area (Å²) in [4.78, 5) is 31.2. The largest absolute Gasteiger partial charge is 0.345 e. The number of aliphatic imine (C=N–C) groups is 1. The Kier molecular flexibility index (Phi) is 7.17. The first-order valence-electron chi connectivity index (χ1n) is 11.5. The quantitative estimate of drug-likeness (QED) is 0.587. The molecule has 1 spiro atoms. The molecule has 0 atom stereocenters. The second kappa shape index (κ2) is 9.83. The molecule has 1 fully saturated rings. The SMILES string of the molecule is Cc1cc(C(=O)N(C)C)ccc1CCS(=O)(=O)N1CCC2(CC1)N=C(c1cccc(Br)c1)NC2=O. The van der Waals surface area contributed by atoms with Crippen LogP contribution in [0.3, 0.4) is 0 Å². The van der Waals surface area contributed by atoms with Crippen molar-refractivity contribution in [2.24, 2.45) is 4.99 Å². The normalized spacial score (nSPS) is 17.8. The molecule has 2 aliphatic rings. The third kappa shape index (κ3) is 5.34. The second-order valence-corrected chi connectivity index (χ2v) is 12.3. The van der Waals surface area contributed by atoms with Crippen molar-refractivity contribution in [2.75, 3.05) is 32.9 Å². The molecule has 0 aromatic heterocycles. The van der Waals surface area contributed by atoms with Crippen LogP contribution in [0.2, 0.25) is 0 Å². The Morgan fingerprint density at radius 1 is 1.17 bits per heavy atom. The van der Waals surface area contributed by atoms with E-state index in [4.69, 9.17) is 4.99 Å². The van der Waals surface area contributed by atoms with Crippen molar-refractivity contribution in [2.45, 2.75) is 31.7 Å². The molecule has 10 heteroatoms. The van der Waals surface area contributed by atoms with Crippen LogP contribution in [-0.2, 0) is 21.2 Å². The van der Waals surface area contributed by atoms with Gasteiger partial charge in [0.2, 0.25) is 10.0 Å². The molecule has 2 aromatic rings. The Balaban J connectivity index is 1.40. The van der Waals surface area contributed by atoms with E-state index in [9.17, 15) is 18.0 Å². The zero-order valence-corrected chi connectivity index (χ0v) is 22.4. The molecule has 4 rings (SSSR count). The Labute approximate surface area is 214 Å². The van der Waals surface area contributed by atoms with Crippen LogP contribution in [0.25, 0.3) is 0 Å². The number of nitrogens with zero attached hydrogens (tertiary/aromatic N) is 3. The van der Waals surface area contributed by atoms with Crippen molar-refractivity contribution in [3.8, 4) is 0 Å². The van der Waals surface area contributed by atoms with Crippen LogP contribution in [0, 0.1) is 6.92 Å². The average Bonchev–Trinajstić information content (AvgIpc) is 3.13. The number of nitrogens with one attached hydrogen (secondary N) is 1. The first-order chi connectivity index (χ1) is 16.5. The van der Waals surface area contributed by atoms with Crippen molar-refractivity contribution in [1.29, 1.82) is 0 Å². The minimum atomic E-state index is -3.50. The fourth-order valence-electron chi connectivity index (χ4n) is 4.50. The number of amidine groups is 1. The smallest absolute Gasteiger partial charge is 0.253 e. The van der Waals surface area contributed by atoms with Gasteiger partial charge in [-0.3, -0.25) is 14.6 Å². The number of rotatable bonds is 6.